The maximum Gasteiger partial charge on any atom is 0.275 e. The molecule has 1 heterocycles. The van der Waals surface area contributed by atoms with Crippen LogP contribution >= 0.6 is 0 Å². The molecule has 0 aliphatic rings. The molecular weight excluding hydrogens is 259 g/mol. The summed E-state index contributed by atoms with van der Waals surface area (Å²) in [7, 11) is -4.16. The molecule has 0 aliphatic carbocycles. The van der Waals surface area contributed by atoms with E-state index in [1.165, 1.54) is 6.92 Å². The molecule has 0 N–H and O–H groups in total. The predicted molar refractivity (Wildman–Crippen MR) is 61.5 cm³/mol. The number of para-hydroxylation sites is 1. The van der Waals surface area contributed by atoms with Gasteiger partial charge < -0.3 is 0 Å². The van der Waals surface area contributed by atoms with Gasteiger partial charge in [0.25, 0.3) is 5.16 Å². The van der Waals surface area contributed by atoms with Gasteiger partial charge in [-0.05, 0) is 29.0 Å². The molecule has 0 fully saturated rings. The molecule has 2 aromatic rings. The van der Waals surface area contributed by atoms with Crippen LogP contribution in [-0.4, -0.2) is 34.1 Å². The summed E-state index contributed by atoms with van der Waals surface area (Å²) in [6.07, 6.45) is -0.149. The van der Waals surface area contributed by atoms with E-state index in [0.29, 0.717) is 5.69 Å². The monoisotopic (exact) mass is 270 g/mol. The summed E-state index contributed by atoms with van der Waals surface area (Å²) in [6.45, 7) is 1.44. The fourth-order valence-electron chi connectivity index (χ4n) is 1.42. The molecule has 0 saturated heterocycles. The van der Waals surface area contributed by atoms with E-state index in [9.17, 15) is 12.8 Å². The van der Waals surface area contributed by atoms with Crippen LogP contribution in [-0.2, 0) is 9.84 Å². The molecule has 0 spiro atoms. The maximum atomic E-state index is 13.5. The fraction of sp³-hybridized carbons (Fsp3) is 0.300. The number of hydrogen-bond acceptors (Lipinski definition) is 5. The first-order valence-corrected chi connectivity index (χ1v) is 6.83. The first-order valence-electron chi connectivity index (χ1n) is 5.29. The van der Waals surface area contributed by atoms with Crippen LogP contribution in [0.15, 0.2) is 35.5 Å². The molecule has 0 saturated carbocycles. The Morgan fingerprint density at radius 3 is 2.61 bits per heavy atom. The summed E-state index contributed by atoms with van der Waals surface area (Å²) in [5, 5.41) is 9.80. The number of tetrazole rings is 1. The molecule has 0 bridgehead atoms. The van der Waals surface area contributed by atoms with Crippen molar-refractivity contribution in [2.24, 2.45) is 0 Å². The molecule has 0 amide bonds. The lowest BCUT2D eigenvalue weighted by molar-refractivity contribution is 0.405. The SMILES string of the molecule is CCC(F)S(=O)(=O)c1nnnn1-c1ccccc1. The number of rotatable bonds is 4. The van der Waals surface area contributed by atoms with E-state index in [0.717, 1.165) is 4.68 Å². The van der Waals surface area contributed by atoms with Crippen molar-refractivity contribution in [1.29, 1.82) is 0 Å². The van der Waals surface area contributed by atoms with Gasteiger partial charge in [0.1, 0.15) is 0 Å². The Morgan fingerprint density at radius 1 is 1.33 bits per heavy atom. The van der Waals surface area contributed by atoms with Crippen molar-refractivity contribution in [2.45, 2.75) is 24.0 Å². The van der Waals surface area contributed by atoms with Crippen molar-refractivity contribution in [1.82, 2.24) is 20.2 Å². The van der Waals surface area contributed by atoms with E-state index in [2.05, 4.69) is 15.5 Å². The van der Waals surface area contributed by atoms with Crippen molar-refractivity contribution >= 4 is 9.84 Å². The fourth-order valence-corrected chi connectivity index (χ4v) is 2.62. The van der Waals surface area contributed by atoms with Gasteiger partial charge in [0.2, 0.25) is 15.3 Å². The van der Waals surface area contributed by atoms with E-state index in [-0.39, 0.29) is 6.42 Å². The topological polar surface area (TPSA) is 77.7 Å². The van der Waals surface area contributed by atoms with Crippen LogP contribution in [0.5, 0.6) is 0 Å². The van der Waals surface area contributed by atoms with Crippen LogP contribution in [0.25, 0.3) is 5.69 Å². The lowest BCUT2D eigenvalue weighted by atomic mass is 10.3. The number of sulfone groups is 1. The Labute approximate surface area is 103 Å². The average molecular weight is 270 g/mol. The summed E-state index contributed by atoms with van der Waals surface area (Å²) in [5.41, 5.74) is -1.55. The molecule has 1 aromatic carbocycles. The third-order valence-corrected chi connectivity index (χ3v) is 4.12. The van der Waals surface area contributed by atoms with Crippen molar-refractivity contribution in [2.75, 3.05) is 0 Å². The maximum absolute atomic E-state index is 13.5. The normalized spacial score (nSPS) is 13.4. The quantitative estimate of drug-likeness (QED) is 0.832. The van der Waals surface area contributed by atoms with Crippen LogP contribution in [0.2, 0.25) is 0 Å². The molecule has 1 atom stereocenters. The lowest BCUT2D eigenvalue weighted by Crippen LogP contribution is -2.20. The third-order valence-electron chi connectivity index (χ3n) is 2.35. The molecule has 0 aliphatic heterocycles. The van der Waals surface area contributed by atoms with Gasteiger partial charge in [-0.2, -0.15) is 4.68 Å². The molecule has 8 heteroatoms. The molecule has 2 rings (SSSR count). The van der Waals surface area contributed by atoms with Crippen LogP contribution in [0, 0.1) is 0 Å². The smallest absolute Gasteiger partial charge is 0.230 e. The van der Waals surface area contributed by atoms with Gasteiger partial charge in [0.15, 0.2) is 0 Å². The summed E-state index contributed by atoms with van der Waals surface area (Å²) in [5.74, 6) is 0. The van der Waals surface area contributed by atoms with Crippen molar-refractivity contribution in [3.05, 3.63) is 30.3 Å². The standard InChI is InChI=1S/C10H11FN4O2S/c1-2-9(11)18(16,17)10-12-13-14-15(10)8-6-4-3-5-7-8/h3-7,9H,2H2,1H3. The first-order chi connectivity index (χ1) is 8.57. The first kappa shape index (κ1) is 12.6. The molecular formula is C10H11FN4O2S. The van der Waals surface area contributed by atoms with Crippen LogP contribution in [0.1, 0.15) is 13.3 Å². The summed E-state index contributed by atoms with van der Waals surface area (Å²) in [6, 6.07) is 8.45. The highest BCUT2D eigenvalue weighted by atomic mass is 32.2. The van der Waals surface area contributed by atoms with Crippen LogP contribution < -0.4 is 0 Å². The lowest BCUT2D eigenvalue weighted by Gasteiger charge is -2.07. The zero-order valence-electron chi connectivity index (χ0n) is 9.56. The number of halogens is 1. The Bertz CT molecular complexity index is 626. The third kappa shape index (κ3) is 2.10. The summed E-state index contributed by atoms with van der Waals surface area (Å²) >= 11 is 0. The van der Waals surface area contributed by atoms with Crippen molar-refractivity contribution in [3.8, 4) is 5.69 Å². The Kier molecular flexibility index (Phi) is 3.37. The Balaban J connectivity index is 2.53. The minimum absolute atomic E-state index is 0.149. The number of benzene rings is 1. The minimum atomic E-state index is -4.16. The molecule has 1 unspecified atom stereocenters. The predicted octanol–water partition coefficient (Wildman–Crippen LogP) is 1.14. The van der Waals surface area contributed by atoms with E-state index in [1.807, 2.05) is 0 Å². The zero-order chi connectivity index (χ0) is 13.2. The number of hydrogen-bond donors (Lipinski definition) is 0. The summed E-state index contributed by atoms with van der Waals surface area (Å²) < 4.78 is 38.2. The van der Waals surface area contributed by atoms with Gasteiger partial charge in [-0.15, -0.1) is 0 Å². The molecule has 1 aromatic heterocycles. The number of nitrogens with zero attached hydrogens (tertiary/aromatic N) is 4. The van der Waals surface area contributed by atoms with E-state index < -0.39 is 20.5 Å². The number of aromatic nitrogens is 4. The van der Waals surface area contributed by atoms with Gasteiger partial charge in [-0.3, -0.25) is 0 Å². The van der Waals surface area contributed by atoms with E-state index >= 15 is 0 Å². The molecule has 0 radical (unpaired) electrons. The average Bonchev–Trinajstić information content (AvgIpc) is 2.88. The minimum Gasteiger partial charge on any atom is -0.230 e. The highest BCUT2D eigenvalue weighted by Gasteiger charge is 2.32. The van der Waals surface area contributed by atoms with Gasteiger partial charge in [-0.1, -0.05) is 30.2 Å². The molecule has 18 heavy (non-hydrogen) atoms. The molecule has 6 nitrogen and oxygen atoms in total. The van der Waals surface area contributed by atoms with Crippen molar-refractivity contribution < 1.29 is 12.8 Å². The van der Waals surface area contributed by atoms with Crippen molar-refractivity contribution in [3.63, 3.8) is 0 Å². The second-order valence-corrected chi connectivity index (χ2v) is 5.54. The highest BCUT2D eigenvalue weighted by Crippen LogP contribution is 2.19. The largest absolute Gasteiger partial charge is 0.275 e. The van der Waals surface area contributed by atoms with Gasteiger partial charge in [-0.25, -0.2) is 12.8 Å². The second kappa shape index (κ2) is 4.81. The second-order valence-electron chi connectivity index (χ2n) is 3.57. The Morgan fingerprint density at radius 2 is 2.00 bits per heavy atom. The zero-order valence-corrected chi connectivity index (χ0v) is 10.4. The van der Waals surface area contributed by atoms with Gasteiger partial charge in [0.05, 0.1) is 5.69 Å². The Hall–Kier alpha value is -1.83. The van der Waals surface area contributed by atoms with Crippen LogP contribution in [0.3, 0.4) is 0 Å². The van der Waals surface area contributed by atoms with E-state index in [4.69, 9.17) is 0 Å². The van der Waals surface area contributed by atoms with E-state index in [1.54, 1.807) is 30.3 Å². The molecule has 96 valence electrons. The van der Waals surface area contributed by atoms with Gasteiger partial charge in [0, 0.05) is 0 Å². The highest BCUT2D eigenvalue weighted by molar-refractivity contribution is 7.91. The van der Waals surface area contributed by atoms with Gasteiger partial charge >= 0.3 is 0 Å². The summed E-state index contributed by atoms with van der Waals surface area (Å²) in [4.78, 5) is 0. The van der Waals surface area contributed by atoms with Crippen LogP contribution in [0.4, 0.5) is 4.39 Å². The number of alkyl halides is 1.